The number of nitrogens with one attached hydrogen (secondary N) is 2. The van der Waals surface area contributed by atoms with Gasteiger partial charge in [-0.3, -0.25) is 14.4 Å². The van der Waals surface area contributed by atoms with E-state index in [0.29, 0.717) is 13.0 Å². The monoisotopic (exact) mass is 349 g/mol. The van der Waals surface area contributed by atoms with E-state index in [-0.39, 0.29) is 30.1 Å². The molecule has 1 aliphatic heterocycles. The first-order valence-electron chi connectivity index (χ1n) is 8.44. The Morgan fingerprint density at radius 2 is 2.00 bits per heavy atom. The zero-order chi connectivity index (χ0) is 18.6. The highest BCUT2D eigenvalue weighted by Crippen LogP contribution is 2.16. The van der Waals surface area contributed by atoms with Gasteiger partial charge in [-0.15, -0.1) is 0 Å². The summed E-state index contributed by atoms with van der Waals surface area (Å²) < 4.78 is 13.7. The van der Waals surface area contributed by atoms with Crippen LogP contribution in [0.2, 0.25) is 0 Å². The maximum absolute atomic E-state index is 13.7. The van der Waals surface area contributed by atoms with Gasteiger partial charge in [0.05, 0.1) is 5.69 Å². The molecule has 136 valence electrons. The largest absolute Gasteiger partial charge is 0.351 e. The summed E-state index contributed by atoms with van der Waals surface area (Å²) in [7, 11) is 0. The number of nitrogens with zero attached hydrogens (tertiary/aromatic N) is 1. The van der Waals surface area contributed by atoms with Gasteiger partial charge in [-0.2, -0.15) is 0 Å². The molecule has 6 nitrogen and oxygen atoms in total. The molecule has 7 heteroatoms. The predicted octanol–water partition coefficient (Wildman–Crippen LogP) is 1.84. The lowest BCUT2D eigenvalue weighted by Crippen LogP contribution is -2.52. The third-order valence-electron chi connectivity index (χ3n) is 4.14. The number of anilines is 1. The lowest BCUT2D eigenvalue weighted by Gasteiger charge is -2.33. The summed E-state index contributed by atoms with van der Waals surface area (Å²) in [6.07, 6.45) is 1.46. The molecule has 0 saturated carbocycles. The van der Waals surface area contributed by atoms with Crippen LogP contribution in [-0.2, 0) is 14.4 Å². The van der Waals surface area contributed by atoms with Crippen LogP contribution in [0.4, 0.5) is 10.1 Å². The minimum Gasteiger partial charge on any atom is -0.351 e. The van der Waals surface area contributed by atoms with Crippen LogP contribution < -0.4 is 10.6 Å². The average Bonchev–Trinajstić information content (AvgIpc) is 2.57. The molecule has 0 aliphatic carbocycles. The molecule has 1 atom stereocenters. The number of piperidine rings is 1. The number of halogens is 1. The van der Waals surface area contributed by atoms with Gasteiger partial charge in [0.2, 0.25) is 5.91 Å². The summed E-state index contributed by atoms with van der Waals surface area (Å²) in [6, 6.07) is 4.13. The molecule has 3 amide bonds. The zero-order valence-corrected chi connectivity index (χ0v) is 14.8. The lowest BCUT2D eigenvalue weighted by atomic mass is 10.0. The van der Waals surface area contributed by atoms with Crippen molar-refractivity contribution in [3.8, 4) is 0 Å². The van der Waals surface area contributed by atoms with Crippen LogP contribution in [0, 0.1) is 18.7 Å². The number of carbonyl (C=O) groups is 3. The number of aryl methyl sites for hydroxylation is 1. The summed E-state index contributed by atoms with van der Waals surface area (Å²) in [4.78, 5) is 37.7. The van der Waals surface area contributed by atoms with Crippen LogP contribution in [0.25, 0.3) is 0 Å². The van der Waals surface area contributed by atoms with Crippen molar-refractivity contribution in [2.24, 2.45) is 5.92 Å². The number of benzene rings is 1. The van der Waals surface area contributed by atoms with Crippen molar-refractivity contribution in [3.63, 3.8) is 0 Å². The maximum atomic E-state index is 13.7. The van der Waals surface area contributed by atoms with E-state index < -0.39 is 17.6 Å². The number of hydrogen-bond acceptors (Lipinski definition) is 3. The molecule has 1 aromatic carbocycles. The van der Waals surface area contributed by atoms with Crippen LogP contribution in [0.15, 0.2) is 18.2 Å². The quantitative estimate of drug-likeness (QED) is 0.817. The third kappa shape index (κ3) is 5.01. The number of likely N-dealkylation sites (tertiary alicyclic amines) is 1. The normalized spacial score (nSPS) is 17.3. The standard InChI is InChI=1S/C18H24FN3O3/c1-11(2)16(23)20-13-5-4-8-22(10-13)18(25)17(24)21-15-9-12(3)6-7-14(15)19/h6-7,9,11,13H,4-5,8,10H2,1-3H3,(H,20,23)(H,21,24)/t13-/m1/s1. The van der Waals surface area contributed by atoms with E-state index in [1.165, 1.54) is 17.0 Å². The summed E-state index contributed by atoms with van der Waals surface area (Å²) in [5, 5.41) is 5.21. The molecule has 1 heterocycles. The highest BCUT2D eigenvalue weighted by atomic mass is 19.1. The minimum absolute atomic E-state index is 0.0139. The number of amides is 3. The summed E-state index contributed by atoms with van der Waals surface area (Å²) >= 11 is 0. The summed E-state index contributed by atoms with van der Waals surface area (Å²) in [5.41, 5.74) is 0.763. The van der Waals surface area contributed by atoms with Crippen LogP contribution in [0.3, 0.4) is 0 Å². The molecule has 0 radical (unpaired) electrons. The molecular weight excluding hydrogens is 325 g/mol. The van der Waals surface area contributed by atoms with Gasteiger partial charge in [-0.05, 0) is 37.5 Å². The number of hydrogen-bond donors (Lipinski definition) is 2. The molecular formula is C18H24FN3O3. The van der Waals surface area contributed by atoms with Crippen LogP contribution in [0.5, 0.6) is 0 Å². The van der Waals surface area contributed by atoms with Crippen molar-refractivity contribution in [2.45, 2.75) is 39.7 Å². The van der Waals surface area contributed by atoms with Crippen molar-refractivity contribution < 1.29 is 18.8 Å². The van der Waals surface area contributed by atoms with Crippen molar-refractivity contribution in [3.05, 3.63) is 29.6 Å². The first kappa shape index (κ1) is 18.9. The third-order valence-corrected chi connectivity index (χ3v) is 4.14. The van der Waals surface area contributed by atoms with Gasteiger partial charge < -0.3 is 15.5 Å². The van der Waals surface area contributed by atoms with E-state index in [2.05, 4.69) is 10.6 Å². The molecule has 2 rings (SSSR count). The van der Waals surface area contributed by atoms with Crippen LogP contribution in [-0.4, -0.2) is 41.8 Å². The Morgan fingerprint density at radius 3 is 2.68 bits per heavy atom. The molecule has 1 aromatic rings. The molecule has 0 unspecified atom stereocenters. The Morgan fingerprint density at radius 1 is 1.28 bits per heavy atom. The van der Waals surface area contributed by atoms with E-state index in [1.54, 1.807) is 26.8 Å². The van der Waals surface area contributed by atoms with Gasteiger partial charge >= 0.3 is 11.8 Å². The molecule has 2 N–H and O–H groups in total. The fourth-order valence-corrected chi connectivity index (χ4v) is 2.70. The van der Waals surface area contributed by atoms with Crippen molar-refractivity contribution in [1.82, 2.24) is 10.2 Å². The Labute approximate surface area is 146 Å². The van der Waals surface area contributed by atoms with E-state index in [1.807, 2.05) is 0 Å². The average molecular weight is 349 g/mol. The molecule has 25 heavy (non-hydrogen) atoms. The summed E-state index contributed by atoms with van der Waals surface area (Å²) in [6.45, 7) is 6.08. The van der Waals surface area contributed by atoms with Gasteiger partial charge in [0.25, 0.3) is 0 Å². The van der Waals surface area contributed by atoms with E-state index in [0.717, 1.165) is 12.0 Å². The van der Waals surface area contributed by atoms with Gasteiger partial charge in [0.1, 0.15) is 5.82 Å². The van der Waals surface area contributed by atoms with Crippen molar-refractivity contribution in [1.29, 1.82) is 0 Å². The second-order valence-corrected chi connectivity index (χ2v) is 6.69. The second kappa shape index (κ2) is 8.09. The highest BCUT2D eigenvalue weighted by Gasteiger charge is 2.29. The Hall–Kier alpha value is -2.44. The summed E-state index contributed by atoms with van der Waals surface area (Å²) in [5.74, 6) is -2.40. The molecule has 1 aliphatic rings. The topological polar surface area (TPSA) is 78.5 Å². The van der Waals surface area contributed by atoms with E-state index in [9.17, 15) is 18.8 Å². The highest BCUT2D eigenvalue weighted by molar-refractivity contribution is 6.39. The Balaban J connectivity index is 1.98. The van der Waals surface area contributed by atoms with Crippen molar-refractivity contribution >= 4 is 23.4 Å². The lowest BCUT2D eigenvalue weighted by molar-refractivity contribution is -0.144. The zero-order valence-electron chi connectivity index (χ0n) is 14.8. The van der Waals surface area contributed by atoms with Crippen LogP contribution >= 0.6 is 0 Å². The van der Waals surface area contributed by atoms with E-state index >= 15 is 0 Å². The maximum Gasteiger partial charge on any atom is 0.313 e. The first-order chi connectivity index (χ1) is 11.8. The number of rotatable bonds is 3. The molecule has 0 spiro atoms. The van der Waals surface area contributed by atoms with Gasteiger partial charge in [0, 0.05) is 25.0 Å². The second-order valence-electron chi connectivity index (χ2n) is 6.69. The number of carbonyl (C=O) groups excluding carboxylic acids is 3. The van der Waals surface area contributed by atoms with Gasteiger partial charge in [0.15, 0.2) is 0 Å². The van der Waals surface area contributed by atoms with Gasteiger partial charge in [-0.1, -0.05) is 19.9 Å². The molecule has 1 saturated heterocycles. The minimum atomic E-state index is -0.875. The SMILES string of the molecule is Cc1ccc(F)c(NC(=O)C(=O)N2CCC[C@@H](NC(=O)C(C)C)C2)c1. The Kier molecular flexibility index (Phi) is 6.12. The van der Waals surface area contributed by atoms with Gasteiger partial charge in [-0.25, -0.2) is 4.39 Å². The fourth-order valence-electron chi connectivity index (χ4n) is 2.70. The molecule has 0 aromatic heterocycles. The van der Waals surface area contributed by atoms with Crippen LogP contribution in [0.1, 0.15) is 32.3 Å². The fraction of sp³-hybridized carbons (Fsp3) is 0.500. The van der Waals surface area contributed by atoms with Crippen molar-refractivity contribution in [2.75, 3.05) is 18.4 Å². The smallest absolute Gasteiger partial charge is 0.313 e. The predicted molar refractivity (Wildman–Crippen MR) is 92.3 cm³/mol. The molecule has 0 bridgehead atoms. The Bertz CT molecular complexity index is 676. The first-order valence-corrected chi connectivity index (χ1v) is 8.44. The van der Waals surface area contributed by atoms with E-state index in [4.69, 9.17) is 0 Å². The molecule has 1 fully saturated rings.